The third-order valence-electron chi connectivity index (χ3n) is 6.98. The van der Waals surface area contributed by atoms with E-state index in [1.807, 2.05) is 41.1 Å². The van der Waals surface area contributed by atoms with Gasteiger partial charge in [-0.05, 0) is 48.0 Å². The van der Waals surface area contributed by atoms with Crippen LogP contribution >= 0.6 is 0 Å². The molecule has 0 unspecified atom stereocenters. The number of anilines is 1. The number of Topliss-reactive ketones (excluding diaryl/α,β-unsaturated/α-hetero) is 1. The lowest BCUT2D eigenvalue weighted by Crippen LogP contribution is -2.17. The molecule has 0 radical (unpaired) electrons. The molecule has 1 aromatic heterocycles. The number of aromatic nitrogens is 1. The number of carbonyl (C=O) groups excluding carboxylic acids is 1. The molecule has 2 aliphatic rings. The first kappa shape index (κ1) is 24.9. The minimum atomic E-state index is -3.86. The van der Waals surface area contributed by atoms with Crippen LogP contribution in [0.25, 0.3) is 5.69 Å². The zero-order chi connectivity index (χ0) is 27.1. The molecule has 0 spiro atoms. The first-order valence-electron chi connectivity index (χ1n) is 12.4. The fraction of sp³-hybridized carbons (Fsp3) is 0.207. The Morgan fingerprint density at radius 2 is 1.62 bits per heavy atom. The van der Waals surface area contributed by atoms with Gasteiger partial charge in [0.25, 0.3) is 10.0 Å². The second-order valence-electron chi connectivity index (χ2n) is 9.24. The van der Waals surface area contributed by atoms with Crippen LogP contribution in [-0.4, -0.2) is 46.2 Å². The number of ether oxygens (including phenoxy) is 4. The molecule has 200 valence electrons. The van der Waals surface area contributed by atoms with Crippen molar-refractivity contribution in [3.05, 3.63) is 89.7 Å². The smallest absolute Gasteiger partial charge is 0.262 e. The molecule has 9 nitrogen and oxygen atoms in total. The average molecular weight is 547 g/mol. The van der Waals surface area contributed by atoms with Crippen LogP contribution < -0.4 is 23.7 Å². The predicted octanol–water partition coefficient (Wildman–Crippen LogP) is 4.78. The van der Waals surface area contributed by atoms with Crippen molar-refractivity contribution in [2.24, 2.45) is 0 Å². The molecular formula is C29H26N2O7S. The van der Waals surface area contributed by atoms with E-state index in [0.29, 0.717) is 47.5 Å². The van der Waals surface area contributed by atoms with Crippen LogP contribution in [0.3, 0.4) is 0 Å². The second kappa shape index (κ2) is 9.70. The molecule has 0 bridgehead atoms. The number of nitrogens with zero attached hydrogens (tertiary/aromatic N) is 1. The summed E-state index contributed by atoms with van der Waals surface area (Å²) in [6.07, 6.45) is 2.16. The summed E-state index contributed by atoms with van der Waals surface area (Å²) < 4.78 is 52.6. The third kappa shape index (κ3) is 4.46. The third-order valence-corrected chi connectivity index (χ3v) is 8.36. The van der Waals surface area contributed by atoms with E-state index in [1.165, 1.54) is 12.1 Å². The fourth-order valence-corrected chi connectivity index (χ4v) is 6.14. The second-order valence-corrected chi connectivity index (χ2v) is 10.9. The lowest BCUT2D eigenvalue weighted by molar-refractivity contribution is 0.0979. The molecule has 0 saturated heterocycles. The Labute approximate surface area is 225 Å². The van der Waals surface area contributed by atoms with E-state index in [0.717, 1.165) is 16.9 Å². The molecule has 10 heteroatoms. The topological polar surface area (TPSA) is 105 Å². The van der Waals surface area contributed by atoms with Crippen molar-refractivity contribution in [1.29, 1.82) is 0 Å². The van der Waals surface area contributed by atoms with Gasteiger partial charge in [-0.2, -0.15) is 0 Å². The number of nitrogens with one attached hydrogen (secondary N) is 1. The van der Waals surface area contributed by atoms with Crippen molar-refractivity contribution in [3.8, 4) is 28.7 Å². The van der Waals surface area contributed by atoms with E-state index in [1.54, 1.807) is 38.5 Å². The highest BCUT2D eigenvalue weighted by Gasteiger charge is 2.30. The number of hydrogen-bond acceptors (Lipinski definition) is 7. The Bertz CT molecular complexity index is 1680. The summed E-state index contributed by atoms with van der Waals surface area (Å²) in [5.74, 6) is 1.69. The molecule has 0 fully saturated rings. The van der Waals surface area contributed by atoms with Crippen molar-refractivity contribution in [2.45, 2.75) is 17.2 Å². The van der Waals surface area contributed by atoms with Crippen molar-refractivity contribution >= 4 is 21.5 Å². The number of benzene rings is 3. The van der Waals surface area contributed by atoms with Gasteiger partial charge in [-0.1, -0.05) is 12.1 Å². The van der Waals surface area contributed by atoms with Gasteiger partial charge in [0.05, 0.1) is 24.8 Å². The number of carbonyl (C=O) groups is 1. The van der Waals surface area contributed by atoms with Crippen LogP contribution in [0, 0.1) is 0 Å². The molecule has 39 heavy (non-hydrogen) atoms. The molecule has 2 aliphatic heterocycles. The van der Waals surface area contributed by atoms with Gasteiger partial charge in [0.2, 0.25) is 0 Å². The van der Waals surface area contributed by atoms with E-state index in [9.17, 15) is 13.2 Å². The molecule has 3 aromatic carbocycles. The summed E-state index contributed by atoms with van der Waals surface area (Å²) in [7, 11) is -0.754. The SMILES string of the molecule is COc1cc2c(cc1OC)-n1cccc1[C@H](c1ccc(NS(=O)(=O)c3ccc4c(c3)OCCO4)cc1)CC2=O. The van der Waals surface area contributed by atoms with Crippen LogP contribution in [-0.2, 0) is 10.0 Å². The molecule has 3 heterocycles. The summed E-state index contributed by atoms with van der Waals surface area (Å²) in [4.78, 5) is 13.5. The lowest BCUT2D eigenvalue weighted by Gasteiger charge is -2.19. The number of sulfonamides is 1. The molecule has 6 rings (SSSR count). The summed E-state index contributed by atoms with van der Waals surface area (Å²) >= 11 is 0. The number of methoxy groups -OCH3 is 2. The number of rotatable bonds is 6. The predicted molar refractivity (Wildman–Crippen MR) is 144 cm³/mol. The Balaban J connectivity index is 1.29. The molecule has 0 saturated carbocycles. The highest BCUT2D eigenvalue weighted by molar-refractivity contribution is 7.92. The largest absolute Gasteiger partial charge is 0.493 e. The van der Waals surface area contributed by atoms with Crippen LogP contribution in [0.2, 0.25) is 0 Å². The standard InChI is InChI=1S/C29H26N2O7S/c1-35-27-16-22-24(17-28(27)36-2)31-11-3-4-23(31)21(15-25(22)32)18-5-7-19(8-6-18)30-39(33,34)20-9-10-26-29(14-20)38-13-12-37-26/h3-11,14,16-17,21,30H,12-13,15H2,1-2H3/t21-/m0/s1. The summed E-state index contributed by atoms with van der Waals surface area (Å²) in [6, 6.07) is 19.1. The summed E-state index contributed by atoms with van der Waals surface area (Å²) in [5.41, 5.74) is 3.51. The van der Waals surface area contributed by atoms with E-state index < -0.39 is 10.0 Å². The Kier molecular flexibility index (Phi) is 6.19. The van der Waals surface area contributed by atoms with Gasteiger partial charge in [0.15, 0.2) is 28.8 Å². The molecule has 4 aromatic rings. The van der Waals surface area contributed by atoms with Crippen LogP contribution in [0.4, 0.5) is 5.69 Å². The molecule has 1 N–H and O–H groups in total. The maximum Gasteiger partial charge on any atom is 0.262 e. The number of fused-ring (bicyclic) bond motifs is 4. The Morgan fingerprint density at radius 1 is 0.897 bits per heavy atom. The lowest BCUT2D eigenvalue weighted by atomic mass is 9.90. The molecule has 1 atom stereocenters. The average Bonchev–Trinajstić information content (AvgIpc) is 3.41. The normalized spacial score (nSPS) is 16.1. The minimum absolute atomic E-state index is 0.0250. The number of hydrogen-bond donors (Lipinski definition) is 1. The van der Waals surface area contributed by atoms with Crippen LogP contribution in [0.1, 0.15) is 34.0 Å². The quantitative estimate of drug-likeness (QED) is 0.371. The van der Waals surface area contributed by atoms with Crippen molar-refractivity contribution in [1.82, 2.24) is 4.57 Å². The Morgan fingerprint density at radius 3 is 2.36 bits per heavy atom. The van der Waals surface area contributed by atoms with Gasteiger partial charge >= 0.3 is 0 Å². The van der Waals surface area contributed by atoms with Crippen LogP contribution in [0.5, 0.6) is 23.0 Å². The zero-order valence-electron chi connectivity index (χ0n) is 21.3. The molecule has 0 aliphatic carbocycles. The van der Waals surface area contributed by atoms with Gasteiger partial charge in [0.1, 0.15) is 13.2 Å². The van der Waals surface area contributed by atoms with E-state index in [-0.39, 0.29) is 23.0 Å². The van der Waals surface area contributed by atoms with Gasteiger partial charge in [-0.3, -0.25) is 9.52 Å². The van der Waals surface area contributed by atoms with Crippen LogP contribution in [0.15, 0.2) is 77.8 Å². The first-order valence-corrected chi connectivity index (χ1v) is 13.9. The number of ketones is 1. The fourth-order valence-electron chi connectivity index (χ4n) is 5.07. The first-order chi connectivity index (χ1) is 18.9. The molecule has 0 amide bonds. The van der Waals surface area contributed by atoms with Crippen molar-refractivity contribution in [3.63, 3.8) is 0 Å². The maximum absolute atomic E-state index is 13.4. The van der Waals surface area contributed by atoms with Crippen molar-refractivity contribution in [2.75, 3.05) is 32.2 Å². The summed E-state index contributed by atoms with van der Waals surface area (Å²) in [5, 5.41) is 0. The van der Waals surface area contributed by atoms with Gasteiger partial charge in [-0.15, -0.1) is 0 Å². The van der Waals surface area contributed by atoms with Gasteiger partial charge in [0, 0.05) is 47.6 Å². The highest BCUT2D eigenvalue weighted by atomic mass is 32.2. The zero-order valence-corrected chi connectivity index (χ0v) is 22.2. The highest BCUT2D eigenvalue weighted by Crippen LogP contribution is 2.40. The molecular weight excluding hydrogens is 520 g/mol. The van der Waals surface area contributed by atoms with E-state index >= 15 is 0 Å². The van der Waals surface area contributed by atoms with Crippen molar-refractivity contribution < 1.29 is 32.2 Å². The van der Waals surface area contributed by atoms with Gasteiger partial charge < -0.3 is 23.5 Å². The maximum atomic E-state index is 13.4. The monoisotopic (exact) mass is 546 g/mol. The Hall–Kier alpha value is -4.44. The van der Waals surface area contributed by atoms with E-state index in [4.69, 9.17) is 18.9 Å². The summed E-state index contributed by atoms with van der Waals surface area (Å²) in [6.45, 7) is 0.792. The van der Waals surface area contributed by atoms with E-state index in [2.05, 4.69) is 4.72 Å². The van der Waals surface area contributed by atoms with Gasteiger partial charge in [-0.25, -0.2) is 8.42 Å². The minimum Gasteiger partial charge on any atom is -0.493 e.